The Kier molecular flexibility index (Phi) is 12.7. The molecule has 4 aromatic heterocycles. The predicted octanol–water partition coefficient (Wildman–Crippen LogP) is 23.3. The third-order valence-corrected chi connectivity index (χ3v) is 18.8. The zero-order chi connectivity index (χ0) is 63.2. The summed E-state index contributed by atoms with van der Waals surface area (Å²) in [5.41, 5.74) is 11.4. The highest BCUT2D eigenvalue weighted by Crippen LogP contribution is 2.42. The summed E-state index contributed by atoms with van der Waals surface area (Å²) in [4.78, 5) is 31.1. The van der Waals surface area contributed by atoms with Gasteiger partial charge in [-0.25, -0.2) is 29.9 Å². The lowest BCUT2D eigenvalue weighted by atomic mass is 9.96. The summed E-state index contributed by atoms with van der Waals surface area (Å²) >= 11 is 0. The van der Waals surface area contributed by atoms with Crippen LogP contribution in [-0.4, -0.2) is 29.9 Å². The molecule has 96 heavy (non-hydrogen) atoms. The van der Waals surface area contributed by atoms with E-state index in [-0.39, 0.29) is 0 Å². The van der Waals surface area contributed by atoms with Gasteiger partial charge in [0.2, 0.25) is 0 Å². The molecule has 0 bridgehead atoms. The van der Waals surface area contributed by atoms with Crippen molar-refractivity contribution in [3.8, 4) is 79.5 Å². The minimum absolute atomic E-state index is 0.625. The van der Waals surface area contributed by atoms with E-state index in [0.29, 0.717) is 34.9 Å². The molecule has 0 aliphatic rings. The van der Waals surface area contributed by atoms with Gasteiger partial charge in [-0.3, -0.25) is 0 Å². The van der Waals surface area contributed by atoms with Crippen molar-refractivity contribution in [1.82, 2.24) is 29.9 Å². The highest BCUT2D eigenvalue weighted by molar-refractivity contribution is 6.22. The van der Waals surface area contributed by atoms with Gasteiger partial charge in [-0.2, -0.15) is 0 Å². The molecule has 0 saturated carbocycles. The van der Waals surface area contributed by atoms with Crippen LogP contribution in [0.4, 0.5) is 0 Å². The number of benzene rings is 16. The quantitative estimate of drug-likeness (QED) is 0.145. The summed E-state index contributed by atoms with van der Waals surface area (Å²) in [6, 6.07) is 110. The van der Waals surface area contributed by atoms with E-state index in [0.717, 1.165) is 131 Å². The van der Waals surface area contributed by atoms with E-state index in [2.05, 4.69) is 285 Å². The molecule has 16 aromatic carbocycles. The van der Waals surface area contributed by atoms with Gasteiger partial charge in [0.1, 0.15) is 22.3 Å². The molecule has 20 rings (SSSR count). The molecule has 0 saturated heterocycles. The molecule has 8 nitrogen and oxygen atoms in total. The molecule has 8 heteroatoms. The lowest BCUT2D eigenvalue weighted by molar-refractivity contribution is 0.669. The Bertz CT molecular complexity index is 6550. The van der Waals surface area contributed by atoms with Gasteiger partial charge in [0.05, 0.1) is 0 Å². The summed E-state index contributed by atoms with van der Waals surface area (Å²) in [5, 5.41) is 20.5. The van der Waals surface area contributed by atoms with Gasteiger partial charge in [0, 0.05) is 54.9 Å². The zero-order valence-corrected chi connectivity index (χ0v) is 51.5. The van der Waals surface area contributed by atoms with Crippen molar-refractivity contribution < 1.29 is 8.83 Å². The Morgan fingerprint density at radius 3 is 1.19 bits per heavy atom. The maximum atomic E-state index is 6.24. The second-order valence-electron chi connectivity index (χ2n) is 24.4. The molecule has 4 heterocycles. The lowest BCUT2D eigenvalue weighted by Gasteiger charge is -2.14. The molecule has 0 aliphatic carbocycles. The summed E-state index contributed by atoms with van der Waals surface area (Å²) in [5.74, 6) is 3.80. The second kappa shape index (κ2) is 22.4. The molecular weight excluding hydrogens is 1170 g/mol. The summed E-state index contributed by atoms with van der Waals surface area (Å²) in [7, 11) is 0. The van der Waals surface area contributed by atoms with Crippen LogP contribution in [0.1, 0.15) is 0 Å². The third-order valence-electron chi connectivity index (χ3n) is 18.8. The van der Waals surface area contributed by atoms with E-state index in [1.165, 1.54) is 32.3 Å². The molecule has 0 atom stereocenters. The third kappa shape index (κ3) is 9.30. The molecule has 0 fully saturated rings. The van der Waals surface area contributed by atoms with Crippen LogP contribution in [0.2, 0.25) is 0 Å². The van der Waals surface area contributed by atoms with Crippen LogP contribution in [0, 0.1) is 0 Å². The molecule has 0 amide bonds. The maximum Gasteiger partial charge on any atom is 0.164 e. The van der Waals surface area contributed by atoms with Gasteiger partial charge in [0.15, 0.2) is 34.9 Å². The molecule has 0 unspecified atom stereocenters. The van der Waals surface area contributed by atoms with Crippen molar-refractivity contribution in [3.05, 3.63) is 315 Å². The summed E-state index contributed by atoms with van der Waals surface area (Å²) < 4.78 is 12.5. The molecule has 0 N–H and O–H groups in total. The molecule has 0 radical (unpaired) electrons. The number of rotatable bonds is 7. The fraction of sp³-hybridized carbons (Fsp3) is 0. The van der Waals surface area contributed by atoms with Crippen molar-refractivity contribution in [2.45, 2.75) is 0 Å². The van der Waals surface area contributed by atoms with E-state index < -0.39 is 0 Å². The van der Waals surface area contributed by atoms with Crippen molar-refractivity contribution >= 4 is 119 Å². The van der Waals surface area contributed by atoms with E-state index in [4.69, 9.17) is 38.7 Å². The van der Waals surface area contributed by atoms with Crippen molar-refractivity contribution in [3.63, 3.8) is 0 Å². The Labute approximate surface area is 549 Å². The first kappa shape index (κ1) is 54.7. The highest BCUT2D eigenvalue weighted by atomic mass is 16.3. The van der Waals surface area contributed by atoms with Gasteiger partial charge in [-0.15, -0.1) is 0 Å². The van der Waals surface area contributed by atoms with Crippen LogP contribution in [-0.2, 0) is 0 Å². The Hall–Kier alpha value is -13.0. The molecule has 0 spiro atoms. The first-order valence-corrected chi connectivity index (χ1v) is 32.2. The van der Waals surface area contributed by atoms with Crippen molar-refractivity contribution in [2.75, 3.05) is 0 Å². The van der Waals surface area contributed by atoms with Crippen LogP contribution < -0.4 is 0 Å². The number of nitrogens with zero attached hydrogens (tertiary/aromatic N) is 6. The monoisotopic (exact) mass is 1220 g/mol. The van der Waals surface area contributed by atoms with Crippen LogP contribution in [0.5, 0.6) is 0 Å². The van der Waals surface area contributed by atoms with Gasteiger partial charge in [0.25, 0.3) is 0 Å². The fourth-order valence-corrected chi connectivity index (χ4v) is 14.2. The van der Waals surface area contributed by atoms with Crippen molar-refractivity contribution in [1.29, 1.82) is 0 Å². The molecule has 0 aliphatic heterocycles. The SMILES string of the molecule is c1ccc(-c2cccc(-c3nc(-c4cc5ccccc5c5ccccc45)nc(-c4cccc5c4ccc4oc6ccccc6c45)n3)c2)cc1.c1ccc2cc(-c3nc(-c4ccc5c(ccc6ccccc65)c4)nc(-c4cccc5c4ccc4oc6ccccc6c45)n3)ccc2c1. The average Bonchev–Trinajstić information content (AvgIpc) is 1.43. The minimum Gasteiger partial charge on any atom is -0.456 e. The molecule has 20 aromatic rings. The number of fused-ring (bicyclic) bond motifs is 17. The highest BCUT2D eigenvalue weighted by Gasteiger charge is 2.22. The second-order valence-corrected chi connectivity index (χ2v) is 24.4. The van der Waals surface area contributed by atoms with Crippen LogP contribution in [0.15, 0.2) is 324 Å². The van der Waals surface area contributed by atoms with Gasteiger partial charge < -0.3 is 8.83 Å². The fourth-order valence-electron chi connectivity index (χ4n) is 14.2. The Morgan fingerprint density at radius 2 is 0.542 bits per heavy atom. The summed E-state index contributed by atoms with van der Waals surface area (Å²) in [6.07, 6.45) is 0. The number of furan rings is 2. The summed E-state index contributed by atoms with van der Waals surface area (Å²) in [6.45, 7) is 0. The standard InChI is InChI=1S/C45H27N3O.C43H25N3O/c1-2-12-28(13-3-1)29-15-10-16-31(26-29)43-46-44(37-22-11-21-36-35(37)24-25-41-42(36)38-20-8-9-23-40(38)49-41)48-45(47-43)39-27-30-14-4-5-17-32(30)33-18-6-7-19-34(33)39;1-2-10-28-24-30(19-16-26(28)8-1)41-44-42(31-20-21-33-29(25-31)18-17-27-9-3-4-11-32(27)33)46-43(45-41)36-14-7-13-35-34(36)22-23-39-40(35)37-12-5-6-15-38(37)47-39/h1-27H;1-25H. The number of para-hydroxylation sites is 2. The van der Waals surface area contributed by atoms with E-state index in [1.807, 2.05) is 30.3 Å². The number of aromatic nitrogens is 6. The Morgan fingerprint density at radius 1 is 0.167 bits per heavy atom. The van der Waals surface area contributed by atoms with Crippen LogP contribution in [0.25, 0.3) is 199 Å². The van der Waals surface area contributed by atoms with Crippen LogP contribution >= 0.6 is 0 Å². The van der Waals surface area contributed by atoms with Gasteiger partial charge in [-0.1, -0.05) is 255 Å². The normalized spacial score (nSPS) is 11.8. The predicted molar refractivity (Wildman–Crippen MR) is 395 cm³/mol. The van der Waals surface area contributed by atoms with Gasteiger partial charge >= 0.3 is 0 Å². The Balaban J connectivity index is 0.000000135. The van der Waals surface area contributed by atoms with E-state index in [9.17, 15) is 0 Å². The van der Waals surface area contributed by atoms with Crippen LogP contribution in [0.3, 0.4) is 0 Å². The van der Waals surface area contributed by atoms with E-state index >= 15 is 0 Å². The lowest BCUT2D eigenvalue weighted by Crippen LogP contribution is -2.01. The van der Waals surface area contributed by atoms with Gasteiger partial charge in [-0.05, 0) is 147 Å². The van der Waals surface area contributed by atoms with Crippen molar-refractivity contribution in [2.24, 2.45) is 0 Å². The van der Waals surface area contributed by atoms with E-state index in [1.54, 1.807) is 0 Å². The average molecular weight is 1230 g/mol. The first-order chi connectivity index (χ1) is 47.5. The first-order valence-electron chi connectivity index (χ1n) is 32.2. The topological polar surface area (TPSA) is 104 Å². The minimum atomic E-state index is 0.625. The molecule has 446 valence electrons. The maximum absolute atomic E-state index is 6.24. The number of hydrogen-bond acceptors (Lipinski definition) is 8. The zero-order valence-electron chi connectivity index (χ0n) is 51.5. The largest absolute Gasteiger partial charge is 0.456 e. The number of hydrogen-bond donors (Lipinski definition) is 0. The smallest absolute Gasteiger partial charge is 0.164 e. The molecular formula is C88H52N6O2.